The van der Waals surface area contributed by atoms with E-state index < -0.39 is 5.97 Å². The molecule has 1 heterocycles. The van der Waals surface area contributed by atoms with Gasteiger partial charge in [-0.3, -0.25) is 4.98 Å². The molecule has 4 fully saturated rings. The van der Waals surface area contributed by atoms with Gasteiger partial charge in [0.05, 0.1) is 11.9 Å². The summed E-state index contributed by atoms with van der Waals surface area (Å²) in [6.07, 6.45) is 11.4. The predicted octanol–water partition coefficient (Wildman–Crippen LogP) is 4.47. The zero-order valence-corrected chi connectivity index (χ0v) is 15.1. The van der Waals surface area contributed by atoms with E-state index in [0.717, 1.165) is 23.4 Å². The third-order valence-corrected chi connectivity index (χ3v) is 6.71. The molecule has 0 N–H and O–H groups in total. The van der Waals surface area contributed by atoms with E-state index in [2.05, 4.69) is 22.1 Å². The number of esters is 1. The molecule has 4 bridgehead atoms. The second kappa shape index (κ2) is 5.90. The Bertz CT molecular complexity index is 791. The fourth-order valence-corrected chi connectivity index (χ4v) is 6.00. The Morgan fingerprint density at radius 3 is 2.12 bits per heavy atom. The highest BCUT2D eigenvalue weighted by Crippen LogP contribution is 2.60. The molecule has 0 amide bonds. The van der Waals surface area contributed by atoms with Crippen LogP contribution in [-0.4, -0.2) is 15.9 Å². The van der Waals surface area contributed by atoms with Gasteiger partial charge in [-0.05, 0) is 86.3 Å². The molecule has 0 radical (unpaired) electrons. The number of ether oxygens (including phenoxy) is 1. The maximum atomic E-state index is 12.2. The van der Waals surface area contributed by atoms with Gasteiger partial charge in [0.1, 0.15) is 5.75 Å². The summed E-state index contributed by atoms with van der Waals surface area (Å²) in [7, 11) is 0. The van der Waals surface area contributed by atoms with Gasteiger partial charge in [0, 0.05) is 6.20 Å². The first kappa shape index (κ1) is 16.0. The minimum atomic E-state index is -0.458. The van der Waals surface area contributed by atoms with Crippen molar-refractivity contribution < 1.29 is 9.53 Å². The number of nitrogens with zero attached hydrogens (tertiary/aromatic N) is 2. The van der Waals surface area contributed by atoms with Gasteiger partial charge in [-0.15, -0.1) is 0 Å². The normalized spacial score (nSPS) is 31.8. The summed E-state index contributed by atoms with van der Waals surface area (Å²) < 4.78 is 5.47. The molecule has 0 unspecified atom stereocenters. The molecule has 0 saturated heterocycles. The van der Waals surface area contributed by atoms with E-state index in [1.54, 1.807) is 6.20 Å². The molecule has 4 saturated carbocycles. The van der Waals surface area contributed by atoms with Crippen molar-refractivity contribution >= 4 is 5.97 Å². The Morgan fingerprint density at radius 2 is 1.58 bits per heavy atom. The SMILES string of the molecule is Cc1cnc(C(=O)Oc2ccc(C34CC5CC(CC(C5)C3)C4)cc2)cn1. The highest BCUT2D eigenvalue weighted by Gasteiger charge is 2.51. The van der Waals surface area contributed by atoms with Gasteiger partial charge in [0.15, 0.2) is 5.69 Å². The van der Waals surface area contributed by atoms with Gasteiger partial charge in [-0.2, -0.15) is 0 Å². The van der Waals surface area contributed by atoms with Crippen LogP contribution in [0.1, 0.15) is 60.3 Å². The van der Waals surface area contributed by atoms with Crippen molar-refractivity contribution in [3.8, 4) is 5.75 Å². The second-order valence-corrected chi connectivity index (χ2v) is 8.65. The van der Waals surface area contributed by atoms with Gasteiger partial charge in [0.25, 0.3) is 0 Å². The van der Waals surface area contributed by atoms with Gasteiger partial charge in [-0.25, -0.2) is 9.78 Å². The summed E-state index contributed by atoms with van der Waals surface area (Å²) in [5.41, 5.74) is 2.83. The van der Waals surface area contributed by atoms with E-state index in [0.29, 0.717) is 11.2 Å². The number of benzene rings is 1. The Labute approximate surface area is 154 Å². The molecule has 4 aliphatic rings. The van der Waals surface area contributed by atoms with Gasteiger partial charge in [0.2, 0.25) is 0 Å². The minimum Gasteiger partial charge on any atom is -0.422 e. The topological polar surface area (TPSA) is 52.1 Å². The van der Waals surface area contributed by atoms with Crippen LogP contribution < -0.4 is 4.74 Å². The molecule has 1 aromatic carbocycles. The first-order valence-corrected chi connectivity index (χ1v) is 9.71. The molecule has 4 heteroatoms. The Morgan fingerprint density at radius 1 is 0.962 bits per heavy atom. The quantitative estimate of drug-likeness (QED) is 0.606. The van der Waals surface area contributed by atoms with E-state index >= 15 is 0 Å². The lowest BCUT2D eigenvalue weighted by atomic mass is 9.48. The number of carbonyl (C=O) groups excluding carboxylic acids is 1. The molecule has 1 aromatic heterocycles. The van der Waals surface area contributed by atoms with E-state index in [1.807, 2.05) is 19.1 Å². The molecule has 4 aliphatic carbocycles. The molecule has 26 heavy (non-hydrogen) atoms. The zero-order chi connectivity index (χ0) is 17.7. The minimum absolute atomic E-state index is 0.237. The number of hydrogen-bond donors (Lipinski definition) is 0. The molecule has 6 rings (SSSR count). The monoisotopic (exact) mass is 348 g/mol. The lowest BCUT2D eigenvalue weighted by Gasteiger charge is -2.57. The molecule has 0 spiro atoms. The van der Waals surface area contributed by atoms with Crippen molar-refractivity contribution in [2.75, 3.05) is 0 Å². The number of aryl methyl sites for hydroxylation is 1. The maximum absolute atomic E-state index is 12.2. The van der Waals surface area contributed by atoms with E-state index in [9.17, 15) is 4.79 Å². The maximum Gasteiger partial charge on any atom is 0.363 e. The van der Waals surface area contributed by atoms with Crippen LogP contribution in [-0.2, 0) is 5.41 Å². The molecular formula is C22H24N2O2. The first-order valence-electron chi connectivity index (χ1n) is 9.71. The van der Waals surface area contributed by atoms with E-state index in [1.165, 1.54) is 50.3 Å². The number of aromatic nitrogens is 2. The fraction of sp³-hybridized carbons (Fsp3) is 0.500. The van der Waals surface area contributed by atoms with Crippen LogP contribution in [0.4, 0.5) is 0 Å². The molecule has 4 nitrogen and oxygen atoms in total. The van der Waals surface area contributed by atoms with Crippen molar-refractivity contribution in [2.24, 2.45) is 17.8 Å². The molecule has 0 atom stereocenters. The second-order valence-electron chi connectivity index (χ2n) is 8.65. The van der Waals surface area contributed by atoms with Crippen LogP contribution in [0.15, 0.2) is 36.7 Å². The smallest absolute Gasteiger partial charge is 0.363 e. The third-order valence-electron chi connectivity index (χ3n) is 6.71. The molecule has 0 aliphatic heterocycles. The largest absolute Gasteiger partial charge is 0.422 e. The van der Waals surface area contributed by atoms with E-state index in [4.69, 9.17) is 4.74 Å². The lowest BCUT2D eigenvalue weighted by molar-refractivity contribution is -0.00519. The third kappa shape index (κ3) is 2.72. The summed E-state index contributed by atoms with van der Waals surface area (Å²) in [5.74, 6) is 2.91. The fourth-order valence-electron chi connectivity index (χ4n) is 6.00. The van der Waals surface area contributed by atoms with Gasteiger partial charge in [-0.1, -0.05) is 12.1 Å². The van der Waals surface area contributed by atoms with Crippen molar-refractivity contribution in [1.29, 1.82) is 0 Å². The van der Waals surface area contributed by atoms with Crippen molar-refractivity contribution in [3.63, 3.8) is 0 Å². The Balaban J connectivity index is 1.33. The lowest BCUT2D eigenvalue weighted by Crippen LogP contribution is -2.48. The summed E-state index contributed by atoms with van der Waals surface area (Å²) in [4.78, 5) is 20.4. The van der Waals surface area contributed by atoms with Crippen LogP contribution in [0.2, 0.25) is 0 Å². The number of hydrogen-bond acceptors (Lipinski definition) is 4. The van der Waals surface area contributed by atoms with Crippen LogP contribution in [0.25, 0.3) is 0 Å². The van der Waals surface area contributed by atoms with Crippen LogP contribution in [0, 0.1) is 24.7 Å². The summed E-state index contributed by atoms with van der Waals surface area (Å²) >= 11 is 0. The van der Waals surface area contributed by atoms with Crippen LogP contribution in [0.5, 0.6) is 5.75 Å². The van der Waals surface area contributed by atoms with E-state index in [-0.39, 0.29) is 5.69 Å². The molecule has 134 valence electrons. The summed E-state index contributed by atoms with van der Waals surface area (Å²) in [6, 6.07) is 8.23. The summed E-state index contributed by atoms with van der Waals surface area (Å²) in [6.45, 7) is 1.84. The van der Waals surface area contributed by atoms with Crippen molar-refractivity contribution in [1.82, 2.24) is 9.97 Å². The first-order chi connectivity index (χ1) is 12.6. The highest BCUT2D eigenvalue weighted by atomic mass is 16.5. The predicted molar refractivity (Wildman–Crippen MR) is 98.0 cm³/mol. The highest BCUT2D eigenvalue weighted by molar-refractivity contribution is 5.88. The van der Waals surface area contributed by atoms with Crippen molar-refractivity contribution in [2.45, 2.75) is 50.9 Å². The standard InChI is InChI=1S/C22H24N2O2/c1-14-12-24-20(13-23-14)21(25)26-19-4-2-18(3-5-19)22-9-15-6-16(10-22)8-17(7-15)11-22/h2-5,12-13,15-17H,6-11H2,1H3. The average Bonchev–Trinajstić information content (AvgIpc) is 2.61. The summed E-state index contributed by atoms with van der Waals surface area (Å²) in [5, 5.41) is 0. The average molecular weight is 348 g/mol. The number of rotatable bonds is 3. The van der Waals surface area contributed by atoms with Crippen LogP contribution >= 0.6 is 0 Å². The molecule has 2 aromatic rings. The van der Waals surface area contributed by atoms with Gasteiger partial charge < -0.3 is 4.74 Å². The van der Waals surface area contributed by atoms with Crippen LogP contribution in [0.3, 0.4) is 0 Å². The van der Waals surface area contributed by atoms with Crippen molar-refractivity contribution in [3.05, 3.63) is 53.6 Å². The zero-order valence-electron chi connectivity index (χ0n) is 15.1. The Hall–Kier alpha value is -2.23. The van der Waals surface area contributed by atoms with Gasteiger partial charge >= 0.3 is 5.97 Å². The number of carbonyl (C=O) groups is 1. The Kier molecular flexibility index (Phi) is 3.63. The molecular weight excluding hydrogens is 324 g/mol.